The van der Waals surface area contributed by atoms with E-state index in [1.54, 1.807) is 17.9 Å². The van der Waals surface area contributed by atoms with E-state index in [4.69, 9.17) is 11.6 Å². The van der Waals surface area contributed by atoms with Gasteiger partial charge in [0.25, 0.3) is 0 Å². The molecule has 7 heteroatoms. The Morgan fingerprint density at radius 3 is 2.81 bits per heavy atom. The van der Waals surface area contributed by atoms with Crippen molar-refractivity contribution in [1.29, 1.82) is 0 Å². The van der Waals surface area contributed by atoms with Gasteiger partial charge in [-0.3, -0.25) is 14.8 Å². The maximum atomic E-state index is 11.3. The van der Waals surface area contributed by atoms with Crippen molar-refractivity contribution in [2.75, 3.05) is 11.2 Å². The molecule has 0 aliphatic heterocycles. The molecule has 0 fully saturated rings. The molecular formula is C9H13ClN4O2. The summed E-state index contributed by atoms with van der Waals surface area (Å²) in [7, 11) is 1.76. The first-order valence-electron chi connectivity index (χ1n) is 4.76. The Balaban J connectivity index is 2.65. The van der Waals surface area contributed by atoms with Gasteiger partial charge < -0.3 is 5.32 Å². The number of halogens is 1. The summed E-state index contributed by atoms with van der Waals surface area (Å²) in [4.78, 5) is 22.2. The maximum absolute atomic E-state index is 11.3. The van der Waals surface area contributed by atoms with Gasteiger partial charge in [0.1, 0.15) is 5.88 Å². The first-order valence-corrected chi connectivity index (χ1v) is 5.29. The molecule has 0 bridgehead atoms. The lowest BCUT2D eigenvalue weighted by Crippen LogP contribution is -2.35. The summed E-state index contributed by atoms with van der Waals surface area (Å²) in [5.41, 5.74) is 1.35. The Kier molecular flexibility index (Phi) is 4.30. The number of alkyl halides is 1. The second-order valence-corrected chi connectivity index (χ2v) is 3.42. The minimum Gasteiger partial charge on any atom is -0.304 e. The first-order chi connectivity index (χ1) is 7.56. The second kappa shape index (κ2) is 5.50. The molecule has 0 aromatic carbocycles. The van der Waals surface area contributed by atoms with E-state index in [1.807, 2.05) is 6.92 Å². The molecule has 88 valence electrons. The van der Waals surface area contributed by atoms with Gasteiger partial charge in [0.2, 0.25) is 5.91 Å². The van der Waals surface area contributed by atoms with Crippen molar-refractivity contribution in [2.45, 2.75) is 13.3 Å². The number of urea groups is 1. The minimum atomic E-state index is -0.603. The standard InChI is InChI=1S/C9H13ClN4O2/c1-3-6-7(5-14(2)13-6)11-9(16)12-8(15)4-10/h5H,3-4H2,1-2H3,(H2,11,12,15,16). The summed E-state index contributed by atoms with van der Waals surface area (Å²) in [5, 5.41) is 8.76. The summed E-state index contributed by atoms with van der Waals surface area (Å²) in [6.07, 6.45) is 2.36. The largest absolute Gasteiger partial charge is 0.326 e. The number of imide groups is 1. The van der Waals surface area contributed by atoms with Crippen molar-refractivity contribution in [3.63, 3.8) is 0 Å². The lowest BCUT2D eigenvalue weighted by atomic mass is 10.3. The van der Waals surface area contributed by atoms with Gasteiger partial charge in [-0.15, -0.1) is 11.6 Å². The third-order valence-electron chi connectivity index (χ3n) is 1.86. The molecule has 1 aromatic heterocycles. The Labute approximate surface area is 98.0 Å². The molecule has 6 nitrogen and oxygen atoms in total. The molecule has 0 unspecified atom stereocenters. The average molecular weight is 245 g/mol. The quantitative estimate of drug-likeness (QED) is 0.775. The molecule has 0 radical (unpaired) electrons. The van der Waals surface area contributed by atoms with E-state index in [9.17, 15) is 9.59 Å². The molecule has 0 atom stereocenters. The Bertz CT molecular complexity index is 402. The lowest BCUT2D eigenvalue weighted by molar-refractivity contribution is -0.117. The molecule has 0 aliphatic rings. The summed E-state index contributed by atoms with van der Waals surface area (Å²) in [6, 6.07) is -0.603. The number of nitrogens with zero attached hydrogens (tertiary/aromatic N) is 2. The van der Waals surface area contributed by atoms with Crippen LogP contribution in [0.5, 0.6) is 0 Å². The Hall–Kier alpha value is -1.56. The highest BCUT2D eigenvalue weighted by Crippen LogP contribution is 2.13. The van der Waals surface area contributed by atoms with E-state index in [2.05, 4.69) is 15.7 Å². The summed E-state index contributed by atoms with van der Waals surface area (Å²) < 4.78 is 1.60. The third-order valence-corrected chi connectivity index (χ3v) is 2.11. The van der Waals surface area contributed by atoms with Gasteiger partial charge in [-0.1, -0.05) is 6.92 Å². The van der Waals surface area contributed by atoms with E-state index in [0.29, 0.717) is 12.1 Å². The Morgan fingerprint density at radius 1 is 1.56 bits per heavy atom. The zero-order valence-corrected chi connectivity index (χ0v) is 9.84. The monoisotopic (exact) mass is 244 g/mol. The van der Waals surface area contributed by atoms with E-state index >= 15 is 0 Å². The van der Waals surface area contributed by atoms with Crippen LogP contribution >= 0.6 is 11.6 Å². The molecule has 0 saturated carbocycles. The molecule has 16 heavy (non-hydrogen) atoms. The highest BCUT2D eigenvalue weighted by Gasteiger charge is 2.11. The van der Waals surface area contributed by atoms with Crippen LogP contribution in [0.3, 0.4) is 0 Å². The van der Waals surface area contributed by atoms with E-state index in [-0.39, 0.29) is 5.88 Å². The van der Waals surface area contributed by atoms with Crippen molar-refractivity contribution in [2.24, 2.45) is 7.05 Å². The predicted molar refractivity (Wildman–Crippen MR) is 60.5 cm³/mol. The van der Waals surface area contributed by atoms with Crippen molar-refractivity contribution < 1.29 is 9.59 Å². The number of amides is 3. The van der Waals surface area contributed by atoms with Crippen LogP contribution in [0, 0.1) is 0 Å². The fourth-order valence-corrected chi connectivity index (χ4v) is 1.28. The number of hydrogen-bond acceptors (Lipinski definition) is 3. The van der Waals surface area contributed by atoms with Crippen molar-refractivity contribution in [1.82, 2.24) is 15.1 Å². The number of hydrogen-bond donors (Lipinski definition) is 2. The first kappa shape index (κ1) is 12.5. The van der Waals surface area contributed by atoms with E-state index < -0.39 is 11.9 Å². The molecule has 2 N–H and O–H groups in total. The molecule has 1 heterocycles. The fourth-order valence-electron chi connectivity index (χ4n) is 1.21. The summed E-state index contributed by atoms with van der Waals surface area (Å²) >= 11 is 5.25. The number of aromatic nitrogens is 2. The number of carbonyl (C=O) groups is 2. The van der Waals surface area contributed by atoms with Crippen LogP contribution in [0.1, 0.15) is 12.6 Å². The minimum absolute atomic E-state index is 0.249. The van der Waals surface area contributed by atoms with Crippen LogP contribution in [0.25, 0.3) is 0 Å². The van der Waals surface area contributed by atoms with E-state index in [1.165, 1.54) is 0 Å². The third kappa shape index (κ3) is 3.23. The van der Waals surface area contributed by atoms with Gasteiger partial charge >= 0.3 is 6.03 Å². The average Bonchev–Trinajstić information content (AvgIpc) is 2.58. The molecule has 1 aromatic rings. The van der Waals surface area contributed by atoms with Crippen molar-refractivity contribution in [3.05, 3.63) is 11.9 Å². The molecule has 0 spiro atoms. The normalized spacial score (nSPS) is 9.94. The zero-order chi connectivity index (χ0) is 12.1. The number of aryl methyl sites for hydroxylation is 2. The number of nitrogens with one attached hydrogen (secondary N) is 2. The van der Waals surface area contributed by atoms with Crippen LogP contribution in [-0.2, 0) is 18.3 Å². The second-order valence-electron chi connectivity index (χ2n) is 3.15. The molecule has 0 saturated heterocycles. The SMILES string of the molecule is CCc1nn(C)cc1NC(=O)NC(=O)CCl. The maximum Gasteiger partial charge on any atom is 0.326 e. The summed E-state index contributed by atoms with van der Waals surface area (Å²) in [5.74, 6) is -0.790. The summed E-state index contributed by atoms with van der Waals surface area (Å²) in [6.45, 7) is 1.93. The Morgan fingerprint density at radius 2 is 2.25 bits per heavy atom. The van der Waals surface area contributed by atoms with Crippen molar-refractivity contribution >= 4 is 29.2 Å². The molecular weight excluding hydrogens is 232 g/mol. The number of carbonyl (C=O) groups excluding carboxylic acids is 2. The van der Waals surface area contributed by atoms with Crippen LogP contribution < -0.4 is 10.6 Å². The van der Waals surface area contributed by atoms with Crippen LogP contribution in [0.2, 0.25) is 0 Å². The topological polar surface area (TPSA) is 76.0 Å². The van der Waals surface area contributed by atoms with Gasteiger partial charge in [0, 0.05) is 13.2 Å². The van der Waals surface area contributed by atoms with Crippen LogP contribution in [0.15, 0.2) is 6.20 Å². The fraction of sp³-hybridized carbons (Fsp3) is 0.444. The lowest BCUT2D eigenvalue weighted by Gasteiger charge is -2.04. The van der Waals surface area contributed by atoms with E-state index in [0.717, 1.165) is 5.69 Å². The van der Waals surface area contributed by atoms with Gasteiger partial charge in [-0.2, -0.15) is 5.10 Å². The van der Waals surface area contributed by atoms with Crippen LogP contribution in [-0.4, -0.2) is 27.6 Å². The number of anilines is 1. The smallest absolute Gasteiger partial charge is 0.304 e. The van der Waals surface area contributed by atoms with Gasteiger partial charge in [-0.05, 0) is 6.42 Å². The van der Waals surface area contributed by atoms with Gasteiger partial charge in [0.15, 0.2) is 0 Å². The molecule has 1 rings (SSSR count). The predicted octanol–water partition coefficient (Wildman–Crippen LogP) is 0.869. The van der Waals surface area contributed by atoms with Gasteiger partial charge in [-0.25, -0.2) is 4.79 Å². The number of rotatable bonds is 3. The molecule has 3 amide bonds. The highest BCUT2D eigenvalue weighted by atomic mass is 35.5. The highest BCUT2D eigenvalue weighted by molar-refractivity contribution is 6.28. The van der Waals surface area contributed by atoms with Crippen molar-refractivity contribution in [3.8, 4) is 0 Å². The van der Waals surface area contributed by atoms with Crippen LogP contribution in [0.4, 0.5) is 10.5 Å². The van der Waals surface area contributed by atoms with Gasteiger partial charge in [0.05, 0.1) is 11.4 Å². The zero-order valence-electron chi connectivity index (χ0n) is 9.08. The molecule has 0 aliphatic carbocycles.